The molecule has 0 saturated carbocycles. The molecule has 0 fully saturated rings. The Morgan fingerprint density at radius 1 is 1.33 bits per heavy atom. The second-order valence-corrected chi connectivity index (χ2v) is 4.97. The lowest BCUT2D eigenvalue weighted by Crippen LogP contribution is -2.40. The van der Waals surface area contributed by atoms with E-state index in [1.165, 1.54) is 0 Å². The van der Waals surface area contributed by atoms with Crippen molar-refractivity contribution in [3.05, 3.63) is 23.8 Å². The summed E-state index contributed by atoms with van der Waals surface area (Å²) in [5.41, 5.74) is 6.83. The van der Waals surface area contributed by atoms with Gasteiger partial charge >= 0.3 is 0 Å². The van der Waals surface area contributed by atoms with Gasteiger partial charge in [-0.25, -0.2) is 0 Å². The van der Waals surface area contributed by atoms with Crippen molar-refractivity contribution in [3.8, 4) is 11.5 Å². The molecule has 5 nitrogen and oxygen atoms in total. The van der Waals surface area contributed by atoms with Crippen LogP contribution in [0.1, 0.15) is 31.7 Å². The average molecular weight is 294 g/mol. The number of methoxy groups -OCH3 is 2. The van der Waals surface area contributed by atoms with Gasteiger partial charge < -0.3 is 20.5 Å². The van der Waals surface area contributed by atoms with Gasteiger partial charge in [0.25, 0.3) is 0 Å². The smallest absolute Gasteiger partial charge is 0.236 e. The molecule has 0 aromatic heterocycles. The van der Waals surface area contributed by atoms with Gasteiger partial charge in [0.15, 0.2) is 0 Å². The molecule has 0 aliphatic rings. The second-order valence-electron chi connectivity index (χ2n) is 4.97. The Hall–Kier alpha value is -1.75. The van der Waals surface area contributed by atoms with Crippen LogP contribution in [-0.4, -0.2) is 32.7 Å². The van der Waals surface area contributed by atoms with Crippen molar-refractivity contribution in [1.82, 2.24) is 5.32 Å². The largest absolute Gasteiger partial charge is 0.497 e. The lowest BCUT2D eigenvalue weighted by atomic mass is 10.1. The highest BCUT2D eigenvalue weighted by Crippen LogP contribution is 2.24. The zero-order valence-electron chi connectivity index (χ0n) is 13.1. The maximum Gasteiger partial charge on any atom is 0.236 e. The fraction of sp³-hybridized carbons (Fsp3) is 0.562. The Kier molecular flexibility index (Phi) is 7.61. The van der Waals surface area contributed by atoms with Crippen molar-refractivity contribution in [3.63, 3.8) is 0 Å². The van der Waals surface area contributed by atoms with Crippen molar-refractivity contribution in [2.45, 2.75) is 38.6 Å². The van der Waals surface area contributed by atoms with E-state index >= 15 is 0 Å². The summed E-state index contributed by atoms with van der Waals surface area (Å²) in [6.45, 7) is 2.62. The normalized spacial score (nSPS) is 11.8. The third-order valence-corrected chi connectivity index (χ3v) is 3.35. The molecule has 5 heteroatoms. The molecule has 1 atom stereocenters. The van der Waals surface area contributed by atoms with Crippen LogP contribution in [-0.2, 0) is 11.2 Å². The van der Waals surface area contributed by atoms with Crippen LogP contribution in [0.25, 0.3) is 0 Å². The van der Waals surface area contributed by atoms with Crippen LogP contribution in [0.2, 0.25) is 0 Å². The summed E-state index contributed by atoms with van der Waals surface area (Å²) in [5.74, 6) is 1.57. The van der Waals surface area contributed by atoms with E-state index in [4.69, 9.17) is 15.2 Å². The van der Waals surface area contributed by atoms with Crippen molar-refractivity contribution in [2.24, 2.45) is 5.73 Å². The first-order chi connectivity index (χ1) is 10.1. The minimum Gasteiger partial charge on any atom is -0.497 e. The number of carbonyl (C=O) groups is 1. The Bertz CT molecular complexity index is 449. The Balaban J connectivity index is 2.43. The molecular weight excluding hydrogens is 268 g/mol. The number of nitrogens with one attached hydrogen (secondary N) is 1. The van der Waals surface area contributed by atoms with Crippen LogP contribution < -0.4 is 20.5 Å². The van der Waals surface area contributed by atoms with Gasteiger partial charge in [0.2, 0.25) is 5.91 Å². The summed E-state index contributed by atoms with van der Waals surface area (Å²) in [4.78, 5) is 11.7. The number of nitrogens with two attached hydrogens (primary N) is 1. The van der Waals surface area contributed by atoms with Crippen molar-refractivity contribution < 1.29 is 14.3 Å². The lowest BCUT2D eigenvalue weighted by Gasteiger charge is -2.12. The highest BCUT2D eigenvalue weighted by Gasteiger charge is 2.11. The van der Waals surface area contributed by atoms with E-state index in [-0.39, 0.29) is 5.91 Å². The molecule has 0 spiro atoms. The third kappa shape index (κ3) is 5.63. The Morgan fingerprint density at radius 2 is 2.10 bits per heavy atom. The molecule has 0 aliphatic heterocycles. The van der Waals surface area contributed by atoms with Gasteiger partial charge in [-0.2, -0.15) is 0 Å². The van der Waals surface area contributed by atoms with Gasteiger partial charge in [-0.3, -0.25) is 4.79 Å². The van der Waals surface area contributed by atoms with Crippen molar-refractivity contribution >= 4 is 5.91 Å². The summed E-state index contributed by atoms with van der Waals surface area (Å²) in [6.07, 6.45) is 3.27. The van der Waals surface area contributed by atoms with Gasteiger partial charge in [-0.05, 0) is 43.0 Å². The number of aryl methyl sites for hydroxylation is 1. The zero-order valence-corrected chi connectivity index (χ0v) is 13.1. The molecule has 118 valence electrons. The number of hydrogen-bond acceptors (Lipinski definition) is 4. The van der Waals surface area contributed by atoms with E-state index in [9.17, 15) is 4.79 Å². The fourth-order valence-electron chi connectivity index (χ4n) is 2.14. The van der Waals surface area contributed by atoms with E-state index in [0.29, 0.717) is 6.54 Å². The minimum absolute atomic E-state index is 0.0746. The van der Waals surface area contributed by atoms with Gasteiger partial charge in [0.1, 0.15) is 11.5 Å². The number of ether oxygens (including phenoxy) is 2. The SMILES string of the molecule is CCCC(N)C(=O)NCCCc1cc(OC)ccc1OC. The highest BCUT2D eigenvalue weighted by atomic mass is 16.5. The minimum atomic E-state index is -0.402. The van der Waals surface area contributed by atoms with Crippen molar-refractivity contribution in [2.75, 3.05) is 20.8 Å². The first-order valence-electron chi connectivity index (χ1n) is 7.36. The van der Waals surface area contributed by atoms with Crippen LogP contribution >= 0.6 is 0 Å². The monoisotopic (exact) mass is 294 g/mol. The average Bonchev–Trinajstić information content (AvgIpc) is 2.51. The summed E-state index contributed by atoms with van der Waals surface area (Å²) in [6, 6.07) is 5.32. The molecule has 21 heavy (non-hydrogen) atoms. The topological polar surface area (TPSA) is 73.6 Å². The van der Waals surface area contributed by atoms with Crippen LogP contribution in [0.4, 0.5) is 0 Å². The van der Waals surface area contributed by atoms with Gasteiger partial charge in [0, 0.05) is 6.54 Å². The third-order valence-electron chi connectivity index (χ3n) is 3.35. The molecule has 1 rings (SSSR count). The summed E-state index contributed by atoms with van der Waals surface area (Å²) in [7, 11) is 3.29. The quantitative estimate of drug-likeness (QED) is 0.682. The van der Waals surface area contributed by atoms with E-state index in [0.717, 1.165) is 42.7 Å². The molecule has 3 N–H and O–H groups in total. The van der Waals surface area contributed by atoms with Crippen molar-refractivity contribution in [1.29, 1.82) is 0 Å². The molecule has 0 radical (unpaired) electrons. The Morgan fingerprint density at radius 3 is 2.71 bits per heavy atom. The number of benzene rings is 1. The number of carbonyl (C=O) groups excluding carboxylic acids is 1. The predicted octanol–water partition coefficient (Wildman–Crippen LogP) is 1.88. The maximum absolute atomic E-state index is 11.7. The van der Waals surface area contributed by atoms with E-state index in [1.54, 1.807) is 14.2 Å². The van der Waals surface area contributed by atoms with Crippen LogP contribution in [0, 0.1) is 0 Å². The maximum atomic E-state index is 11.7. The molecule has 1 unspecified atom stereocenters. The number of rotatable bonds is 9. The predicted molar refractivity (Wildman–Crippen MR) is 83.8 cm³/mol. The molecular formula is C16H26N2O3. The Labute approximate surface area is 126 Å². The van der Waals surface area contributed by atoms with E-state index in [2.05, 4.69) is 5.32 Å². The van der Waals surface area contributed by atoms with Gasteiger partial charge in [-0.1, -0.05) is 13.3 Å². The van der Waals surface area contributed by atoms with Gasteiger partial charge in [0.05, 0.1) is 20.3 Å². The molecule has 0 aliphatic carbocycles. The molecule has 1 amide bonds. The highest BCUT2D eigenvalue weighted by molar-refractivity contribution is 5.81. The molecule has 0 saturated heterocycles. The zero-order chi connectivity index (χ0) is 15.7. The molecule has 1 aromatic carbocycles. The summed E-state index contributed by atoms with van der Waals surface area (Å²) in [5, 5.41) is 2.87. The number of hydrogen-bond donors (Lipinski definition) is 2. The van der Waals surface area contributed by atoms with E-state index in [1.807, 2.05) is 25.1 Å². The number of amides is 1. The second kappa shape index (κ2) is 9.23. The fourth-order valence-corrected chi connectivity index (χ4v) is 2.14. The summed E-state index contributed by atoms with van der Waals surface area (Å²) >= 11 is 0. The molecule has 0 heterocycles. The standard InChI is InChI=1S/C16H26N2O3/c1-4-6-14(17)16(19)18-10-5-7-12-11-13(20-2)8-9-15(12)21-3/h8-9,11,14H,4-7,10,17H2,1-3H3,(H,18,19). The first kappa shape index (κ1) is 17.3. The van der Waals surface area contributed by atoms with Crippen LogP contribution in [0.5, 0.6) is 11.5 Å². The molecule has 0 bridgehead atoms. The molecule has 1 aromatic rings. The van der Waals surface area contributed by atoms with Crippen LogP contribution in [0.15, 0.2) is 18.2 Å². The van der Waals surface area contributed by atoms with Gasteiger partial charge in [-0.15, -0.1) is 0 Å². The van der Waals surface area contributed by atoms with E-state index < -0.39 is 6.04 Å². The summed E-state index contributed by atoms with van der Waals surface area (Å²) < 4.78 is 10.5. The van der Waals surface area contributed by atoms with Crippen LogP contribution in [0.3, 0.4) is 0 Å². The first-order valence-corrected chi connectivity index (χ1v) is 7.36. The lowest BCUT2D eigenvalue weighted by molar-refractivity contribution is -0.122.